The first-order valence-electron chi connectivity index (χ1n) is 8.47. The van der Waals surface area contributed by atoms with Crippen molar-refractivity contribution in [3.63, 3.8) is 0 Å². The summed E-state index contributed by atoms with van der Waals surface area (Å²) in [4.78, 5) is 0. The van der Waals surface area contributed by atoms with Gasteiger partial charge in [-0.2, -0.15) is 0 Å². The topological polar surface area (TPSA) is 18.5 Å². The molecule has 0 bridgehead atoms. The Labute approximate surface area is 167 Å². The Bertz CT molecular complexity index is 439. The molecule has 2 saturated heterocycles. The summed E-state index contributed by atoms with van der Waals surface area (Å²) in [7, 11) is 4.69. The average Bonchev–Trinajstić information content (AvgIpc) is 2.50. The number of quaternary nitrogens is 2. The van der Waals surface area contributed by atoms with Gasteiger partial charge in [-0.3, -0.25) is 0 Å². The number of rotatable bonds is 4. The zero-order valence-electron chi connectivity index (χ0n) is 14.8. The second-order valence-electron chi connectivity index (χ2n) is 7.49. The number of hydrogen-bond donors (Lipinski definition) is 0. The van der Waals surface area contributed by atoms with Crippen LogP contribution in [0.15, 0.2) is 24.3 Å². The Morgan fingerprint density at radius 3 is 1.25 bits per heavy atom. The van der Waals surface area contributed by atoms with Gasteiger partial charge in [0.15, 0.2) is 0 Å². The number of morpholine rings is 2. The van der Waals surface area contributed by atoms with E-state index in [-0.39, 0.29) is 34.0 Å². The van der Waals surface area contributed by atoms with Crippen molar-refractivity contribution in [2.45, 2.75) is 13.1 Å². The standard InChI is InChI=1S/C18H30N2O2.2BrH/c1-19(7-11-21-12-8-19)15-17-3-5-18(6-4-17)16-20(2)9-13-22-14-10-20;;/h3-6H,7-16H2,1-2H3;2*1H/q+2;;/p-2. The van der Waals surface area contributed by atoms with Crippen LogP contribution in [0.2, 0.25) is 0 Å². The number of hydrogen-bond acceptors (Lipinski definition) is 2. The van der Waals surface area contributed by atoms with Gasteiger partial charge in [-0.15, -0.1) is 0 Å². The third kappa shape index (κ3) is 6.07. The number of likely N-dealkylation sites (N-methyl/N-ethyl adjacent to an activating group) is 2. The summed E-state index contributed by atoms with van der Waals surface area (Å²) in [5.41, 5.74) is 2.88. The summed E-state index contributed by atoms with van der Waals surface area (Å²) in [5.74, 6) is 0. The molecule has 24 heavy (non-hydrogen) atoms. The third-order valence-electron chi connectivity index (χ3n) is 5.25. The molecule has 0 unspecified atom stereocenters. The summed E-state index contributed by atoms with van der Waals surface area (Å²) < 4.78 is 13.2. The van der Waals surface area contributed by atoms with E-state index in [0.29, 0.717) is 0 Å². The number of benzene rings is 1. The van der Waals surface area contributed by atoms with E-state index in [1.165, 1.54) is 11.1 Å². The van der Waals surface area contributed by atoms with Crippen LogP contribution < -0.4 is 34.0 Å². The van der Waals surface area contributed by atoms with Crippen molar-refractivity contribution in [1.29, 1.82) is 0 Å². The van der Waals surface area contributed by atoms with Crippen LogP contribution in [0.3, 0.4) is 0 Å². The normalized spacial score (nSPS) is 22.1. The van der Waals surface area contributed by atoms with Crippen LogP contribution in [0.5, 0.6) is 0 Å². The molecule has 3 rings (SSSR count). The minimum Gasteiger partial charge on any atom is -1.00 e. The molecule has 1 aromatic rings. The van der Waals surface area contributed by atoms with Gasteiger partial charge in [0.1, 0.15) is 39.3 Å². The molecular weight excluding hydrogens is 436 g/mol. The molecular formula is C18H30Br2N2O2. The molecule has 138 valence electrons. The molecule has 0 atom stereocenters. The summed E-state index contributed by atoms with van der Waals surface area (Å²) in [6.45, 7) is 10.3. The third-order valence-corrected chi connectivity index (χ3v) is 5.25. The van der Waals surface area contributed by atoms with Crippen molar-refractivity contribution in [2.75, 3.05) is 66.7 Å². The fourth-order valence-electron chi connectivity index (χ4n) is 3.52. The maximum Gasteiger partial charge on any atom is 0.104 e. The Hall–Kier alpha value is 0.0200. The highest BCUT2D eigenvalue weighted by molar-refractivity contribution is 5.21. The van der Waals surface area contributed by atoms with E-state index in [1.807, 2.05) is 0 Å². The molecule has 0 aromatic heterocycles. The highest BCUT2D eigenvalue weighted by atomic mass is 79.9. The Balaban J connectivity index is 0.00000144. The van der Waals surface area contributed by atoms with Crippen LogP contribution in [0.25, 0.3) is 0 Å². The minimum absolute atomic E-state index is 0. The first-order chi connectivity index (χ1) is 10.6. The van der Waals surface area contributed by atoms with Crippen molar-refractivity contribution in [3.8, 4) is 0 Å². The highest BCUT2D eigenvalue weighted by Crippen LogP contribution is 2.18. The largest absolute Gasteiger partial charge is 1.00 e. The van der Waals surface area contributed by atoms with Gasteiger partial charge in [0.05, 0.1) is 40.5 Å². The second kappa shape index (κ2) is 9.64. The lowest BCUT2D eigenvalue weighted by Crippen LogP contribution is -3.00. The smallest absolute Gasteiger partial charge is 0.104 e. The van der Waals surface area contributed by atoms with Gasteiger partial charge >= 0.3 is 0 Å². The highest BCUT2D eigenvalue weighted by Gasteiger charge is 2.27. The Morgan fingerprint density at radius 1 is 0.667 bits per heavy atom. The number of nitrogens with zero attached hydrogens (tertiary/aromatic N) is 2. The number of ether oxygens (including phenoxy) is 2. The first kappa shape index (κ1) is 22.1. The van der Waals surface area contributed by atoms with E-state index in [9.17, 15) is 0 Å². The van der Waals surface area contributed by atoms with E-state index in [1.54, 1.807) is 0 Å². The molecule has 0 aliphatic carbocycles. The Morgan fingerprint density at radius 2 is 0.958 bits per heavy atom. The van der Waals surface area contributed by atoms with Crippen molar-refractivity contribution >= 4 is 0 Å². The van der Waals surface area contributed by atoms with Gasteiger partial charge in [-0.25, -0.2) is 0 Å². The van der Waals surface area contributed by atoms with Crippen molar-refractivity contribution in [1.82, 2.24) is 0 Å². The van der Waals surface area contributed by atoms with Crippen molar-refractivity contribution in [2.24, 2.45) is 0 Å². The van der Waals surface area contributed by atoms with Crippen LogP contribution in [-0.2, 0) is 22.6 Å². The van der Waals surface area contributed by atoms with Gasteiger partial charge in [0.25, 0.3) is 0 Å². The maximum atomic E-state index is 5.49. The summed E-state index contributed by atoms with van der Waals surface area (Å²) >= 11 is 0. The quantitative estimate of drug-likeness (QED) is 0.418. The molecule has 2 heterocycles. The lowest BCUT2D eigenvalue weighted by molar-refractivity contribution is -0.929. The molecule has 0 radical (unpaired) electrons. The minimum atomic E-state index is 0. The van der Waals surface area contributed by atoms with Crippen LogP contribution in [-0.4, -0.2) is 75.7 Å². The molecule has 2 aliphatic heterocycles. The van der Waals surface area contributed by atoms with Crippen LogP contribution in [0, 0.1) is 0 Å². The second-order valence-corrected chi connectivity index (χ2v) is 7.49. The van der Waals surface area contributed by atoms with Crippen molar-refractivity contribution < 1.29 is 52.4 Å². The van der Waals surface area contributed by atoms with E-state index in [0.717, 1.165) is 74.7 Å². The van der Waals surface area contributed by atoms with Gasteiger partial charge in [0, 0.05) is 11.1 Å². The molecule has 1 aromatic carbocycles. The number of halogens is 2. The average molecular weight is 466 g/mol. The van der Waals surface area contributed by atoms with Crippen molar-refractivity contribution in [3.05, 3.63) is 35.4 Å². The molecule has 4 nitrogen and oxygen atoms in total. The van der Waals surface area contributed by atoms with Gasteiger partial charge in [-0.1, -0.05) is 24.3 Å². The lowest BCUT2D eigenvalue weighted by Gasteiger charge is -2.38. The predicted molar refractivity (Wildman–Crippen MR) is 87.3 cm³/mol. The molecule has 0 N–H and O–H groups in total. The zero-order valence-corrected chi connectivity index (χ0v) is 18.0. The molecule has 0 saturated carbocycles. The first-order valence-corrected chi connectivity index (χ1v) is 8.47. The zero-order chi connectivity index (χ0) is 15.5. The fourth-order valence-corrected chi connectivity index (χ4v) is 3.52. The summed E-state index contributed by atoms with van der Waals surface area (Å²) in [5, 5.41) is 0. The van der Waals surface area contributed by atoms with E-state index >= 15 is 0 Å². The van der Waals surface area contributed by atoms with E-state index in [4.69, 9.17) is 9.47 Å². The molecule has 2 fully saturated rings. The monoisotopic (exact) mass is 464 g/mol. The fraction of sp³-hybridized carbons (Fsp3) is 0.667. The van der Waals surface area contributed by atoms with Gasteiger partial charge in [0.2, 0.25) is 0 Å². The SMILES string of the molecule is C[N+]1(Cc2ccc(C[N+]3(C)CCOCC3)cc2)CCOCC1.[Br-].[Br-]. The molecule has 0 amide bonds. The van der Waals surface area contributed by atoms with E-state index in [2.05, 4.69) is 38.4 Å². The predicted octanol–water partition coefficient (Wildman–Crippen LogP) is -4.35. The van der Waals surface area contributed by atoms with Crippen LogP contribution in [0.1, 0.15) is 11.1 Å². The van der Waals surface area contributed by atoms with Crippen LogP contribution >= 0.6 is 0 Å². The lowest BCUT2D eigenvalue weighted by atomic mass is 10.1. The van der Waals surface area contributed by atoms with Crippen LogP contribution in [0.4, 0.5) is 0 Å². The summed E-state index contributed by atoms with van der Waals surface area (Å²) in [6, 6.07) is 9.28. The maximum absolute atomic E-state index is 5.49. The molecule has 0 spiro atoms. The van der Waals surface area contributed by atoms with Gasteiger partial charge < -0.3 is 52.4 Å². The molecule has 6 heteroatoms. The van der Waals surface area contributed by atoms with E-state index < -0.39 is 0 Å². The van der Waals surface area contributed by atoms with Gasteiger partial charge in [-0.05, 0) is 0 Å². The molecule has 2 aliphatic rings. The summed E-state index contributed by atoms with van der Waals surface area (Å²) in [6.07, 6.45) is 0. The Kier molecular flexibility index (Phi) is 8.87.